The van der Waals surface area contributed by atoms with Crippen LogP contribution in [-0.2, 0) is 24.4 Å². The summed E-state index contributed by atoms with van der Waals surface area (Å²) in [4.78, 5) is 43.0. The van der Waals surface area contributed by atoms with Crippen LogP contribution in [0.5, 0.6) is 0 Å². The van der Waals surface area contributed by atoms with Gasteiger partial charge in [-0.15, -0.1) is 0 Å². The molecule has 0 atom stereocenters. The number of rotatable bonds is 7. The third-order valence-corrected chi connectivity index (χ3v) is 4.50. The van der Waals surface area contributed by atoms with Gasteiger partial charge in [0, 0.05) is 18.8 Å². The Morgan fingerprint density at radius 3 is 2.43 bits per heavy atom. The fourth-order valence-electron chi connectivity index (χ4n) is 3.35. The van der Waals surface area contributed by atoms with Crippen molar-refractivity contribution in [2.24, 2.45) is 11.8 Å². The molecule has 3 aromatic rings. The molecular weight excluding hydrogens is 389 g/mol. The summed E-state index contributed by atoms with van der Waals surface area (Å²) in [7, 11) is 0. The molecule has 160 valence electrons. The van der Waals surface area contributed by atoms with Crippen LogP contribution in [0.4, 0.5) is 10.1 Å². The Labute approximate surface area is 173 Å². The summed E-state index contributed by atoms with van der Waals surface area (Å²) in [5.74, 6) is -0.696. The van der Waals surface area contributed by atoms with Crippen LogP contribution in [-0.4, -0.2) is 24.6 Å². The molecule has 8 nitrogen and oxygen atoms in total. The molecule has 0 spiro atoms. The molecule has 1 N–H and O–H groups in total. The summed E-state index contributed by atoms with van der Waals surface area (Å²) >= 11 is 0. The number of amides is 1. The molecule has 0 bridgehead atoms. The minimum atomic E-state index is -0.592. The van der Waals surface area contributed by atoms with Gasteiger partial charge in [-0.3, -0.25) is 14.2 Å². The Bertz CT molecular complexity index is 1190. The largest absolute Gasteiger partial charge is 0.333 e. The Hall–Kier alpha value is -3.23. The molecule has 1 amide bonds. The number of imidazole rings is 1. The van der Waals surface area contributed by atoms with Crippen molar-refractivity contribution in [2.75, 3.05) is 5.32 Å². The molecule has 0 aliphatic carbocycles. The van der Waals surface area contributed by atoms with Crippen molar-refractivity contribution in [3.63, 3.8) is 0 Å². The van der Waals surface area contributed by atoms with Crippen molar-refractivity contribution >= 4 is 22.8 Å². The van der Waals surface area contributed by atoms with Crippen molar-refractivity contribution in [1.82, 2.24) is 18.7 Å². The fourth-order valence-corrected chi connectivity index (χ4v) is 3.35. The quantitative estimate of drug-likeness (QED) is 0.642. The summed E-state index contributed by atoms with van der Waals surface area (Å²) < 4.78 is 17.4. The lowest BCUT2D eigenvalue weighted by molar-refractivity contribution is -0.116. The number of nitrogens with zero attached hydrogens (tertiary/aromatic N) is 4. The normalized spacial score (nSPS) is 11.6. The maximum absolute atomic E-state index is 13.4. The first-order valence-electron chi connectivity index (χ1n) is 9.91. The summed E-state index contributed by atoms with van der Waals surface area (Å²) in [6.07, 6.45) is 1.56. The number of nitrogens with one attached hydrogen (secondary N) is 1. The van der Waals surface area contributed by atoms with Gasteiger partial charge in [0.15, 0.2) is 11.2 Å². The van der Waals surface area contributed by atoms with E-state index in [-0.39, 0.29) is 17.5 Å². The maximum Gasteiger partial charge on any atom is 0.333 e. The van der Waals surface area contributed by atoms with Crippen molar-refractivity contribution in [1.29, 1.82) is 0 Å². The van der Waals surface area contributed by atoms with Crippen LogP contribution in [0.2, 0.25) is 0 Å². The zero-order valence-corrected chi connectivity index (χ0v) is 17.6. The number of carbonyl (C=O) groups excluding carboxylic acids is 1. The predicted molar refractivity (Wildman–Crippen MR) is 113 cm³/mol. The zero-order chi connectivity index (χ0) is 22.0. The van der Waals surface area contributed by atoms with E-state index in [1.54, 1.807) is 10.9 Å². The van der Waals surface area contributed by atoms with Gasteiger partial charge >= 0.3 is 5.69 Å². The van der Waals surface area contributed by atoms with Crippen LogP contribution >= 0.6 is 0 Å². The Morgan fingerprint density at radius 2 is 1.80 bits per heavy atom. The highest BCUT2D eigenvalue weighted by Crippen LogP contribution is 2.12. The number of benzene rings is 1. The first kappa shape index (κ1) is 21.5. The van der Waals surface area contributed by atoms with Crippen LogP contribution < -0.4 is 16.6 Å². The fraction of sp³-hybridized carbons (Fsp3) is 0.429. The zero-order valence-electron chi connectivity index (χ0n) is 17.6. The van der Waals surface area contributed by atoms with Gasteiger partial charge < -0.3 is 9.88 Å². The number of anilines is 1. The van der Waals surface area contributed by atoms with Crippen LogP contribution in [0, 0.1) is 17.7 Å². The standard InChI is InChI=1S/C21H26FN5O3/c1-13(2)9-25-12-23-19-18(25)20(29)27(21(30)26(19)10-14(3)4)11-17(28)24-16-7-5-6-15(22)8-16/h5-8,12-14H,9-11H2,1-4H3,(H,24,28). The van der Waals surface area contributed by atoms with Gasteiger partial charge in [0.05, 0.1) is 6.33 Å². The summed E-state index contributed by atoms with van der Waals surface area (Å²) in [5, 5.41) is 2.53. The number of halogens is 1. The average molecular weight is 415 g/mol. The average Bonchev–Trinajstić information content (AvgIpc) is 3.05. The summed E-state index contributed by atoms with van der Waals surface area (Å²) in [6.45, 7) is 8.38. The van der Waals surface area contributed by atoms with E-state index < -0.39 is 29.5 Å². The Kier molecular flexibility index (Phi) is 6.19. The minimum Gasteiger partial charge on any atom is -0.324 e. The third-order valence-electron chi connectivity index (χ3n) is 4.50. The molecule has 0 unspecified atom stereocenters. The highest BCUT2D eigenvalue weighted by Gasteiger charge is 2.20. The van der Waals surface area contributed by atoms with Gasteiger partial charge in [0.2, 0.25) is 5.91 Å². The molecule has 30 heavy (non-hydrogen) atoms. The Morgan fingerprint density at radius 1 is 1.10 bits per heavy atom. The third kappa shape index (κ3) is 4.50. The molecule has 0 aliphatic rings. The van der Waals surface area contributed by atoms with Crippen molar-refractivity contribution < 1.29 is 9.18 Å². The van der Waals surface area contributed by atoms with E-state index in [2.05, 4.69) is 10.3 Å². The second kappa shape index (κ2) is 8.64. The van der Waals surface area contributed by atoms with Crippen LogP contribution in [0.3, 0.4) is 0 Å². The van der Waals surface area contributed by atoms with Gasteiger partial charge in [-0.05, 0) is 30.0 Å². The lowest BCUT2D eigenvalue weighted by Gasteiger charge is -2.14. The van der Waals surface area contributed by atoms with Crippen LogP contribution in [0.25, 0.3) is 11.2 Å². The van der Waals surface area contributed by atoms with E-state index in [1.165, 1.54) is 28.8 Å². The Balaban J connectivity index is 2.07. The molecule has 0 radical (unpaired) electrons. The first-order chi connectivity index (χ1) is 14.2. The second-order valence-corrected chi connectivity index (χ2v) is 8.20. The molecule has 0 aliphatic heterocycles. The maximum atomic E-state index is 13.4. The van der Waals surface area contributed by atoms with Gasteiger partial charge in [0.25, 0.3) is 5.56 Å². The number of aromatic nitrogens is 4. The van der Waals surface area contributed by atoms with Crippen molar-refractivity contribution in [2.45, 2.75) is 47.3 Å². The first-order valence-corrected chi connectivity index (χ1v) is 9.91. The topological polar surface area (TPSA) is 90.9 Å². The smallest absolute Gasteiger partial charge is 0.324 e. The van der Waals surface area contributed by atoms with E-state index in [0.717, 1.165) is 4.57 Å². The van der Waals surface area contributed by atoms with Crippen LogP contribution in [0.15, 0.2) is 40.2 Å². The van der Waals surface area contributed by atoms with Gasteiger partial charge in [-0.2, -0.15) is 0 Å². The second-order valence-electron chi connectivity index (χ2n) is 8.20. The number of fused-ring (bicyclic) bond motifs is 1. The van der Waals surface area contributed by atoms with E-state index in [9.17, 15) is 18.8 Å². The van der Waals surface area contributed by atoms with Gasteiger partial charge in [-0.25, -0.2) is 18.7 Å². The number of carbonyl (C=O) groups is 1. The van der Waals surface area contributed by atoms with E-state index >= 15 is 0 Å². The van der Waals surface area contributed by atoms with Crippen molar-refractivity contribution in [3.05, 3.63) is 57.2 Å². The molecule has 0 fully saturated rings. The minimum absolute atomic E-state index is 0.133. The van der Waals surface area contributed by atoms with Crippen molar-refractivity contribution in [3.8, 4) is 0 Å². The van der Waals surface area contributed by atoms with E-state index in [1.807, 2.05) is 27.7 Å². The number of hydrogen-bond donors (Lipinski definition) is 1. The van der Waals surface area contributed by atoms with Crippen LogP contribution in [0.1, 0.15) is 27.7 Å². The summed E-state index contributed by atoms with van der Waals surface area (Å²) in [6, 6.07) is 5.41. The molecule has 0 saturated heterocycles. The van der Waals surface area contributed by atoms with E-state index in [4.69, 9.17) is 0 Å². The molecule has 2 heterocycles. The molecule has 2 aromatic heterocycles. The molecule has 3 rings (SSSR count). The van der Waals surface area contributed by atoms with Gasteiger partial charge in [0.1, 0.15) is 12.4 Å². The summed E-state index contributed by atoms with van der Waals surface area (Å²) in [5.41, 5.74) is -0.293. The predicted octanol–water partition coefficient (Wildman–Crippen LogP) is 2.45. The monoisotopic (exact) mass is 415 g/mol. The number of hydrogen-bond acceptors (Lipinski definition) is 4. The molecular formula is C21H26FN5O3. The molecule has 0 saturated carbocycles. The molecule has 1 aromatic carbocycles. The highest BCUT2D eigenvalue weighted by atomic mass is 19.1. The SMILES string of the molecule is CC(C)Cn1cnc2c1c(=O)n(CC(=O)Nc1cccc(F)c1)c(=O)n2CC(C)C. The highest BCUT2D eigenvalue weighted by molar-refractivity contribution is 5.90. The molecule has 9 heteroatoms. The lowest BCUT2D eigenvalue weighted by atomic mass is 10.2. The van der Waals surface area contributed by atoms with Gasteiger partial charge in [-0.1, -0.05) is 33.8 Å². The van der Waals surface area contributed by atoms with E-state index in [0.29, 0.717) is 24.3 Å². The lowest BCUT2D eigenvalue weighted by Crippen LogP contribution is -2.43.